The number of likely N-dealkylation sites (tertiary alicyclic amines) is 1. The SMILES string of the molecule is CC(C)C[C@H](NC(=O)[C@H](CC(=O)O)NC(=O)CN)C(=O)N[C@H](C(=O)N[C@@H](CC(C)C)C(=O)N[C@@H](CC(=O)O)C(=O)N[C@H](C(=O)NCC(=O)N[C@@H](CS)C(=O)NCC(=O)N[C@H](C(=O)NCC(=O)NCC(=O)N1CCC[C@H]1C(=O)N[C@@H](C)C(=O)O)C(C)C)C(C)C)C(C)C. The summed E-state index contributed by atoms with van der Waals surface area (Å²) in [5.74, 6) is -19.5. The fourth-order valence-electron chi connectivity index (χ4n) is 8.90. The zero-order valence-electron chi connectivity index (χ0n) is 53.6. The normalized spacial score (nSPS) is 15.7. The van der Waals surface area contributed by atoms with Crippen LogP contribution in [0.5, 0.6) is 0 Å². The molecule has 36 heteroatoms. The van der Waals surface area contributed by atoms with Crippen molar-refractivity contribution in [2.24, 2.45) is 35.3 Å². The highest BCUT2D eigenvalue weighted by atomic mass is 32.1. The lowest BCUT2D eigenvalue weighted by Gasteiger charge is -2.29. The molecule has 0 aliphatic carbocycles. The molecule has 0 radical (unpaired) electrons. The van der Waals surface area contributed by atoms with E-state index in [2.05, 4.69) is 81.7 Å². The summed E-state index contributed by atoms with van der Waals surface area (Å²) >= 11 is 4.10. The smallest absolute Gasteiger partial charge is 0.325 e. The Labute approximate surface area is 537 Å². The van der Waals surface area contributed by atoms with E-state index in [1.54, 1.807) is 55.4 Å². The molecular weight excluding hydrogens is 1230 g/mol. The lowest BCUT2D eigenvalue weighted by molar-refractivity contribution is -0.143. The Balaban J connectivity index is 3.00. The van der Waals surface area contributed by atoms with Crippen LogP contribution in [-0.4, -0.2) is 226 Å². The van der Waals surface area contributed by atoms with Crippen LogP contribution in [-0.2, 0) is 81.5 Å². The van der Waals surface area contributed by atoms with Crippen molar-refractivity contribution in [2.75, 3.05) is 45.0 Å². The maximum absolute atomic E-state index is 14.0. The Morgan fingerprint density at radius 2 is 0.826 bits per heavy atom. The Hall–Kier alpha value is -8.70. The third kappa shape index (κ3) is 29.5. The van der Waals surface area contributed by atoms with E-state index >= 15 is 0 Å². The number of hydrogen-bond acceptors (Lipinski definition) is 19. The van der Waals surface area contributed by atoms with Gasteiger partial charge in [0, 0.05) is 12.3 Å². The van der Waals surface area contributed by atoms with Crippen molar-refractivity contribution in [3.8, 4) is 0 Å². The van der Waals surface area contributed by atoms with Crippen molar-refractivity contribution in [2.45, 2.75) is 175 Å². The molecule has 1 aliphatic rings. The van der Waals surface area contributed by atoms with Gasteiger partial charge in [0.25, 0.3) is 0 Å². The average molecular weight is 1330 g/mol. The predicted octanol–water partition coefficient (Wildman–Crippen LogP) is -6.19. The predicted molar refractivity (Wildman–Crippen MR) is 328 cm³/mol. The maximum Gasteiger partial charge on any atom is 0.325 e. The number of nitrogens with zero attached hydrogens (tertiary/aromatic N) is 1. The number of carbonyl (C=O) groups excluding carboxylic acids is 14. The van der Waals surface area contributed by atoms with E-state index in [9.17, 15) is 91.7 Å². The first-order chi connectivity index (χ1) is 42.8. The summed E-state index contributed by atoms with van der Waals surface area (Å²) in [5, 5.41) is 59.1. The summed E-state index contributed by atoms with van der Waals surface area (Å²) in [5.41, 5.74) is 5.32. The molecule has 0 unspecified atom stereocenters. The zero-order valence-corrected chi connectivity index (χ0v) is 54.5. The summed E-state index contributed by atoms with van der Waals surface area (Å²) in [4.78, 5) is 220. The molecule has 0 saturated carbocycles. The molecule has 0 spiro atoms. The topological polar surface area (TPSA) is 537 Å². The van der Waals surface area contributed by atoms with Gasteiger partial charge in [-0.3, -0.25) is 81.5 Å². The molecule has 18 N–H and O–H groups in total. The summed E-state index contributed by atoms with van der Waals surface area (Å²) < 4.78 is 0. The maximum atomic E-state index is 14.0. The van der Waals surface area contributed by atoms with Gasteiger partial charge in [-0.2, -0.15) is 12.6 Å². The largest absolute Gasteiger partial charge is 0.481 e. The number of rotatable bonds is 40. The van der Waals surface area contributed by atoms with Gasteiger partial charge in [0.15, 0.2) is 0 Å². The van der Waals surface area contributed by atoms with Crippen LogP contribution in [0.15, 0.2) is 0 Å². The van der Waals surface area contributed by atoms with E-state index in [4.69, 9.17) is 10.8 Å². The first-order valence-corrected chi connectivity index (χ1v) is 30.5. The molecule has 92 heavy (non-hydrogen) atoms. The van der Waals surface area contributed by atoms with Crippen LogP contribution in [0.25, 0.3) is 0 Å². The first-order valence-electron chi connectivity index (χ1n) is 29.9. The summed E-state index contributed by atoms with van der Waals surface area (Å²) in [6.45, 7) is 14.3. The zero-order chi connectivity index (χ0) is 70.4. The van der Waals surface area contributed by atoms with Gasteiger partial charge in [-0.25, -0.2) is 0 Å². The lowest BCUT2D eigenvalue weighted by Crippen LogP contribution is -2.61. The van der Waals surface area contributed by atoms with Gasteiger partial charge < -0.3 is 95.1 Å². The van der Waals surface area contributed by atoms with E-state index in [0.29, 0.717) is 6.42 Å². The van der Waals surface area contributed by atoms with Crippen molar-refractivity contribution >= 4 is 113 Å². The van der Waals surface area contributed by atoms with Crippen LogP contribution in [0, 0.1) is 29.6 Å². The van der Waals surface area contributed by atoms with Gasteiger partial charge in [-0.15, -0.1) is 0 Å². The highest BCUT2D eigenvalue weighted by molar-refractivity contribution is 7.80. The molecule has 0 aromatic heterocycles. The van der Waals surface area contributed by atoms with E-state index < -0.39 is 224 Å². The molecule has 14 amide bonds. The number of nitrogens with two attached hydrogens (primary N) is 1. The second-order valence-corrected chi connectivity index (χ2v) is 24.1. The number of carbonyl (C=O) groups is 17. The molecule has 0 aromatic rings. The minimum absolute atomic E-state index is 0.0103. The van der Waals surface area contributed by atoms with Crippen molar-refractivity contribution in [1.29, 1.82) is 0 Å². The Morgan fingerprint density at radius 1 is 0.435 bits per heavy atom. The molecular formula is C56H93N15O20S. The van der Waals surface area contributed by atoms with Gasteiger partial charge in [0.2, 0.25) is 82.7 Å². The standard InChI is InChI=1S/C56H93N15O20S/c1-25(2)15-31(67-55(89)46(29(9)10)70-50(84)32(16-26(3)4)65-49(83)33(17-42(77)78)63-37(72)19-57)48(82)66-34(18-43(79)80)51(85)69-45(28(7)8)54(88)61-21-39(74)64-35(24-92)47(81)59-22-40(75)68-44(27(5)6)53(87)60-20-38(73)58-23-41(76)71-14-12-13-36(71)52(86)62-30(11)56(90)91/h25-36,44-46,92H,12-24,57H2,1-11H3,(H,58,73)(H,59,81)(H,60,87)(H,61,88)(H,62,86)(H,63,72)(H,64,74)(H,65,83)(H,66,82)(H,67,89)(H,68,75)(H,69,85)(H,70,84)(H,77,78)(H,79,80)(H,90,91)/t30-,31-,32-,33-,34-,35-,36-,44-,45-,46-/m0/s1. The number of amides is 14. The van der Waals surface area contributed by atoms with Crippen molar-refractivity contribution in [3.05, 3.63) is 0 Å². The van der Waals surface area contributed by atoms with E-state index in [1.807, 2.05) is 0 Å². The Kier molecular flexibility index (Phi) is 35.5. The minimum Gasteiger partial charge on any atom is -0.481 e. The highest BCUT2D eigenvalue weighted by Gasteiger charge is 2.38. The molecule has 518 valence electrons. The lowest BCUT2D eigenvalue weighted by atomic mass is 9.98. The molecule has 1 rings (SSSR count). The van der Waals surface area contributed by atoms with Crippen molar-refractivity contribution in [1.82, 2.24) is 74.0 Å². The fraction of sp³-hybridized carbons (Fsp3) is 0.696. The minimum atomic E-state index is -1.86. The summed E-state index contributed by atoms with van der Waals surface area (Å²) in [6, 6.07) is -13.9. The number of aliphatic carboxylic acids is 3. The highest BCUT2D eigenvalue weighted by Crippen LogP contribution is 2.18. The van der Waals surface area contributed by atoms with Crippen LogP contribution in [0.3, 0.4) is 0 Å². The average Bonchev–Trinajstić information content (AvgIpc) is 1.70. The van der Waals surface area contributed by atoms with E-state index in [1.165, 1.54) is 25.7 Å². The second kappa shape index (κ2) is 40.2. The quantitative estimate of drug-likeness (QED) is 0.0254. The molecule has 1 aliphatic heterocycles. The number of hydrogen-bond donors (Lipinski definition) is 18. The van der Waals surface area contributed by atoms with E-state index in [0.717, 1.165) is 0 Å². The molecule has 0 aromatic carbocycles. The van der Waals surface area contributed by atoms with Crippen LogP contribution in [0.1, 0.15) is 115 Å². The number of thiol groups is 1. The van der Waals surface area contributed by atoms with Crippen LogP contribution in [0.4, 0.5) is 0 Å². The van der Waals surface area contributed by atoms with Gasteiger partial charge in [-0.1, -0.05) is 69.2 Å². The van der Waals surface area contributed by atoms with E-state index in [-0.39, 0.29) is 43.4 Å². The summed E-state index contributed by atoms with van der Waals surface area (Å²) in [7, 11) is 0. The van der Waals surface area contributed by atoms with Gasteiger partial charge >= 0.3 is 17.9 Å². The molecule has 35 nitrogen and oxygen atoms in total. The Morgan fingerprint density at radius 3 is 1.28 bits per heavy atom. The van der Waals surface area contributed by atoms with Crippen molar-refractivity contribution in [3.63, 3.8) is 0 Å². The third-order valence-electron chi connectivity index (χ3n) is 13.8. The molecule has 1 saturated heterocycles. The molecule has 0 bridgehead atoms. The van der Waals surface area contributed by atoms with Crippen molar-refractivity contribution < 1.29 is 96.8 Å². The number of carboxylic acid groups (broad SMARTS) is 3. The van der Waals surface area contributed by atoms with Crippen LogP contribution >= 0.6 is 12.6 Å². The summed E-state index contributed by atoms with van der Waals surface area (Å²) in [6.07, 6.45) is -1.22. The van der Waals surface area contributed by atoms with Gasteiger partial charge in [-0.05, 0) is 62.2 Å². The molecule has 1 fully saturated rings. The van der Waals surface area contributed by atoms with Gasteiger partial charge in [0.1, 0.15) is 60.4 Å². The van der Waals surface area contributed by atoms with Crippen LogP contribution in [0.2, 0.25) is 0 Å². The number of carboxylic acids is 3. The number of nitrogens with one attached hydrogen (secondary N) is 13. The molecule has 1 heterocycles. The third-order valence-corrected chi connectivity index (χ3v) is 14.2. The second-order valence-electron chi connectivity index (χ2n) is 23.8. The first kappa shape index (κ1) is 81.3. The Bertz CT molecular complexity index is 2680. The molecule has 10 atom stereocenters. The van der Waals surface area contributed by atoms with Crippen LogP contribution < -0.4 is 74.9 Å². The fourth-order valence-corrected chi connectivity index (χ4v) is 9.16. The monoisotopic (exact) mass is 1330 g/mol. The van der Waals surface area contributed by atoms with Gasteiger partial charge in [0.05, 0.1) is 45.6 Å².